The molecule has 33 heavy (non-hydrogen) atoms. The van der Waals surface area contributed by atoms with Crippen molar-refractivity contribution in [2.75, 3.05) is 51.4 Å². The van der Waals surface area contributed by atoms with Crippen LogP contribution >= 0.6 is 0 Å². The van der Waals surface area contributed by atoms with Crippen LogP contribution < -0.4 is 19.1 Å². The van der Waals surface area contributed by atoms with Crippen molar-refractivity contribution in [3.8, 4) is 22.9 Å². The van der Waals surface area contributed by atoms with Crippen molar-refractivity contribution in [2.45, 2.75) is 13.8 Å². The van der Waals surface area contributed by atoms with Gasteiger partial charge in [-0.15, -0.1) is 0 Å². The van der Waals surface area contributed by atoms with Gasteiger partial charge in [0, 0.05) is 50.2 Å². The number of piperazine rings is 1. The molecule has 0 aliphatic carbocycles. The maximum Gasteiger partial charge on any atom is 0.254 e. The van der Waals surface area contributed by atoms with Gasteiger partial charge in [0.2, 0.25) is 5.95 Å². The van der Waals surface area contributed by atoms with Crippen LogP contribution in [0.15, 0.2) is 54.9 Å². The molecule has 0 spiro atoms. The first-order chi connectivity index (χ1) is 16.1. The van der Waals surface area contributed by atoms with Crippen molar-refractivity contribution in [3.63, 3.8) is 0 Å². The number of hydrogen-bond acceptors (Lipinski definition) is 6. The lowest BCUT2D eigenvalue weighted by molar-refractivity contribution is 0.0745. The minimum absolute atomic E-state index is 0.00482. The van der Waals surface area contributed by atoms with Gasteiger partial charge in [0.05, 0.1) is 26.0 Å². The minimum atomic E-state index is -0.00482. The SMILES string of the molecule is CCOc1ccc(C(=O)N2CCN(c3nccn3-c3cccc(OC)c3)CC2)cc1OCC. The fourth-order valence-corrected chi connectivity index (χ4v) is 3.97. The number of aromatic nitrogens is 2. The lowest BCUT2D eigenvalue weighted by Crippen LogP contribution is -2.49. The Morgan fingerprint density at radius 1 is 0.970 bits per heavy atom. The summed E-state index contributed by atoms with van der Waals surface area (Å²) in [4.78, 5) is 21.8. The summed E-state index contributed by atoms with van der Waals surface area (Å²) in [5.74, 6) is 2.91. The molecule has 1 aliphatic heterocycles. The highest BCUT2D eigenvalue weighted by Crippen LogP contribution is 2.29. The van der Waals surface area contributed by atoms with Crippen LogP contribution in [0.4, 0.5) is 5.95 Å². The van der Waals surface area contributed by atoms with E-state index in [1.807, 2.05) is 59.8 Å². The zero-order chi connectivity index (χ0) is 23.2. The van der Waals surface area contributed by atoms with Gasteiger partial charge in [-0.3, -0.25) is 9.36 Å². The minimum Gasteiger partial charge on any atom is -0.497 e. The Morgan fingerprint density at radius 3 is 2.45 bits per heavy atom. The summed E-state index contributed by atoms with van der Waals surface area (Å²) in [7, 11) is 1.66. The third kappa shape index (κ3) is 4.89. The lowest BCUT2D eigenvalue weighted by atomic mass is 10.1. The number of anilines is 1. The van der Waals surface area contributed by atoms with Crippen LogP contribution in [0.2, 0.25) is 0 Å². The molecule has 1 aromatic heterocycles. The topological polar surface area (TPSA) is 69.1 Å². The quantitative estimate of drug-likeness (QED) is 0.522. The smallest absolute Gasteiger partial charge is 0.254 e. The molecule has 2 aromatic carbocycles. The molecule has 0 unspecified atom stereocenters. The van der Waals surface area contributed by atoms with Crippen LogP contribution in [0, 0.1) is 0 Å². The number of carbonyl (C=O) groups excluding carboxylic acids is 1. The third-order valence-corrected chi connectivity index (χ3v) is 5.59. The highest BCUT2D eigenvalue weighted by atomic mass is 16.5. The zero-order valence-electron chi connectivity index (χ0n) is 19.4. The van der Waals surface area contributed by atoms with E-state index < -0.39 is 0 Å². The fraction of sp³-hybridized carbons (Fsp3) is 0.360. The van der Waals surface area contributed by atoms with Gasteiger partial charge >= 0.3 is 0 Å². The van der Waals surface area contributed by atoms with E-state index in [1.165, 1.54) is 0 Å². The van der Waals surface area contributed by atoms with Crippen LogP contribution in [0.25, 0.3) is 5.69 Å². The number of hydrogen-bond donors (Lipinski definition) is 0. The van der Waals surface area contributed by atoms with Crippen LogP contribution in [-0.2, 0) is 0 Å². The highest BCUT2D eigenvalue weighted by Gasteiger charge is 2.25. The first-order valence-electron chi connectivity index (χ1n) is 11.3. The monoisotopic (exact) mass is 450 g/mol. The molecular formula is C25H30N4O4. The van der Waals surface area contributed by atoms with E-state index in [0.29, 0.717) is 56.5 Å². The Kier molecular flexibility index (Phi) is 7.02. The number of ether oxygens (including phenoxy) is 3. The molecule has 8 nitrogen and oxygen atoms in total. The molecule has 174 valence electrons. The lowest BCUT2D eigenvalue weighted by Gasteiger charge is -2.35. The summed E-state index contributed by atoms with van der Waals surface area (Å²) < 4.78 is 18.7. The summed E-state index contributed by atoms with van der Waals surface area (Å²) >= 11 is 0. The first-order valence-corrected chi connectivity index (χ1v) is 11.3. The van der Waals surface area contributed by atoms with Crippen molar-refractivity contribution in [3.05, 3.63) is 60.4 Å². The summed E-state index contributed by atoms with van der Waals surface area (Å²) in [5.41, 5.74) is 1.59. The Balaban J connectivity index is 1.45. The summed E-state index contributed by atoms with van der Waals surface area (Å²) in [5, 5.41) is 0. The first kappa shape index (κ1) is 22.5. The molecule has 2 heterocycles. The van der Waals surface area contributed by atoms with Crippen molar-refractivity contribution in [1.82, 2.24) is 14.5 Å². The zero-order valence-corrected chi connectivity index (χ0v) is 19.4. The molecule has 1 fully saturated rings. The van der Waals surface area contributed by atoms with Gasteiger partial charge in [-0.25, -0.2) is 4.98 Å². The van der Waals surface area contributed by atoms with Gasteiger partial charge in [0.25, 0.3) is 5.91 Å². The predicted molar refractivity (Wildman–Crippen MR) is 127 cm³/mol. The molecule has 0 bridgehead atoms. The van der Waals surface area contributed by atoms with Crippen LogP contribution in [0.3, 0.4) is 0 Å². The molecule has 4 rings (SSSR count). The maximum absolute atomic E-state index is 13.2. The Hall–Kier alpha value is -3.68. The summed E-state index contributed by atoms with van der Waals surface area (Å²) in [6, 6.07) is 13.3. The van der Waals surface area contributed by atoms with Crippen molar-refractivity contribution in [1.29, 1.82) is 0 Å². The number of benzene rings is 2. The van der Waals surface area contributed by atoms with Crippen LogP contribution in [-0.4, -0.2) is 66.9 Å². The van der Waals surface area contributed by atoms with E-state index in [4.69, 9.17) is 14.2 Å². The van der Waals surface area contributed by atoms with Crippen molar-refractivity contribution >= 4 is 11.9 Å². The molecular weight excluding hydrogens is 420 g/mol. The number of rotatable bonds is 8. The van der Waals surface area contributed by atoms with E-state index in [-0.39, 0.29) is 5.91 Å². The molecule has 0 radical (unpaired) electrons. The largest absolute Gasteiger partial charge is 0.497 e. The maximum atomic E-state index is 13.2. The number of nitrogens with zero attached hydrogens (tertiary/aromatic N) is 4. The second-order valence-corrected chi connectivity index (χ2v) is 7.61. The van der Waals surface area contributed by atoms with Crippen molar-refractivity contribution in [2.24, 2.45) is 0 Å². The molecule has 0 N–H and O–H groups in total. The van der Waals surface area contributed by atoms with Gasteiger partial charge in [-0.2, -0.15) is 0 Å². The summed E-state index contributed by atoms with van der Waals surface area (Å²) in [6.07, 6.45) is 3.73. The standard InChI is InChI=1S/C25H30N4O4/c1-4-32-22-10-9-19(17-23(22)33-5-2)24(30)27-13-15-28(16-14-27)25-26-11-12-29(25)20-7-6-8-21(18-20)31-3/h6-12,17-18H,4-5,13-16H2,1-3H3. The van der Waals surface area contributed by atoms with E-state index in [9.17, 15) is 4.79 Å². The highest BCUT2D eigenvalue weighted by molar-refractivity contribution is 5.95. The number of amides is 1. The normalized spacial score (nSPS) is 13.7. The van der Waals surface area contributed by atoms with E-state index in [2.05, 4.69) is 9.88 Å². The number of carbonyl (C=O) groups is 1. The molecule has 1 aliphatic rings. The van der Waals surface area contributed by atoms with Crippen molar-refractivity contribution < 1.29 is 19.0 Å². The molecule has 1 amide bonds. The third-order valence-electron chi connectivity index (χ3n) is 5.59. The Morgan fingerprint density at radius 2 is 1.73 bits per heavy atom. The number of methoxy groups -OCH3 is 1. The van der Waals surface area contributed by atoms with Gasteiger partial charge < -0.3 is 24.0 Å². The number of imidazole rings is 1. The van der Waals surface area contributed by atoms with Crippen LogP contribution in [0.5, 0.6) is 17.2 Å². The second-order valence-electron chi connectivity index (χ2n) is 7.61. The summed E-state index contributed by atoms with van der Waals surface area (Å²) in [6.45, 7) is 7.51. The van der Waals surface area contributed by atoms with E-state index in [0.717, 1.165) is 17.4 Å². The molecule has 0 atom stereocenters. The van der Waals surface area contributed by atoms with E-state index in [1.54, 1.807) is 25.4 Å². The van der Waals surface area contributed by atoms with Crippen LogP contribution in [0.1, 0.15) is 24.2 Å². The molecule has 1 saturated heterocycles. The van der Waals surface area contributed by atoms with E-state index >= 15 is 0 Å². The van der Waals surface area contributed by atoms with Gasteiger partial charge in [0.1, 0.15) is 5.75 Å². The second kappa shape index (κ2) is 10.3. The van der Waals surface area contributed by atoms with Gasteiger partial charge in [-0.05, 0) is 44.2 Å². The average Bonchev–Trinajstić information content (AvgIpc) is 3.35. The Labute approximate surface area is 194 Å². The molecule has 8 heteroatoms. The molecule has 3 aromatic rings. The Bertz CT molecular complexity index is 1090. The fourth-order valence-electron chi connectivity index (χ4n) is 3.97. The molecule has 0 saturated carbocycles. The predicted octanol–water partition coefficient (Wildman–Crippen LogP) is 3.64. The van der Waals surface area contributed by atoms with Gasteiger partial charge in [-0.1, -0.05) is 6.07 Å². The van der Waals surface area contributed by atoms with Gasteiger partial charge in [0.15, 0.2) is 11.5 Å². The average molecular weight is 451 g/mol.